The zero-order valence-electron chi connectivity index (χ0n) is 14.3. The molecule has 0 aliphatic heterocycles. The normalized spacial score (nSPS) is 13.4. The Morgan fingerprint density at radius 3 is 2.80 bits per heavy atom. The molecule has 0 saturated carbocycles. The van der Waals surface area contributed by atoms with E-state index >= 15 is 0 Å². The molecule has 0 radical (unpaired) electrons. The van der Waals surface area contributed by atoms with E-state index < -0.39 is 5.60 Å². The van der Waals surface area contributed by atoms with Crippen molar-refractivity contribution in [2.45, 2.75) is 26.4 Å². The highest BCUT2D eigenvalue weighted by Crippen LogP contribution is 2.26. The number of aryl methyl sites for hydroxylation is 2. The average molecular weight is 340 g/mol. The van der Waals surface area contributed by atoms with E-state index in [-0.39, 0.29) is 12.5 Å². The van der Waals surface area contributed by atoms with Gasteiger partial charge in [-0.05, 0) is 39.0 Å². The molecule has 25 heavy (non-hydrogen) atoms. The fraction of sp³-hybridized carbons (Fsp3) is 0.278. The third-order valence-electron chi connectivity index (χ3n) is 4.03. The number of nitrogens with zero attached hydrogens (tertiary/aromatic N) is 2. The van der Waals surface area contributed by atoms with E-state index in [1.807, 2.05) is 13.0 Å². The number of aromatic nitrogens is 3. The molecule has 1 aromatic carbocycles. The summed E-state index contributed by atoms with van der Waals surface area (Å²) >= 11 is 0. The summed E-state index contributed by atoms with van der Waals surface area (Å²) in [6, 6.07) is 8.82. The molecule has 0 aliphatic rings. The zero-order chi connectivity index (χ0) is 18.0. The molecular formula is C18H20N4O3. The van der Waals surface area contributed by atoms with Crippen LogP contribution in [-0.4, -0.2) is 32.7 Å². The van der Waals surface area contributed by atoms with Gasteiger partial charge in [0.2, 0.25) is 0 Å². The first-order chi connectivity index (χ1) is 11.9. The minimum absolute atomic E-state index is 0.0676. The number of carbonyl (C=O) groups is 1. The van der Waals surface area contributed by atoms with Crippen molar-refractivity contribution in [3.8, 4) is 11.4 Å². The molecule has 0 saturated heterocycles. The van der Waals surface area contributed by atoms with Crippen LogP contribution in [0.15, 0.2) is 41.1 Å². The van der Waals surface area contributed by atoms with Gasteiger partial charge < -0.3 is 14.8 Å². The number of rotatable bonds is 5. The molecule has 1 amide bonds. The fourth-order valence-corrected chi connectivity index (χ4v) is 2.77. The lowest BCUT2D eigenvalue weighted by atomic mass is 9.96. The largest absolute Gasteiger partial charge is 0.466 e. The van der Waals surface area contributed by atoms with E-state index in [0.717, 1.165) is 11.3 Å². The highest BCUT2D eigenvalue weighted by molar-refractivity contribution is 5.95. The van der Waals surface area contributed by atoms with E-state index in [1.54, 1.807) is 38.1 Å². The van der Waals surface area contributed by atoms with Gasteiger partial charge in [0, 0.05) is 16.7 Å². The second kappa shape index (κ2) is 6.52. The van der Waals surface area contributed by atoms with Crippen LogP contribution in [0.2, 0.25) is 0 Å². The van der Waals surface area contributed by atoms with Gasteiger partial charge in [0.25, 0.3) is 5.91 Å². The van der Waals surface area contributed by atoms with Crippen molar-refractivity contribution < 1.29 is 14.3 Å². The van der Waals surface area contributed by atoms with E-state index in [4.69, 9.17) is 4.42 Å². The third kappa shape index (κ3) is 3.61. The predicted molar refractivity (Wildman–Crippen MR) is 91.9 cm³/mol. The highest BCUT2D eigenvalue weighted by Gasteiger charge is 2.28. The number of benzene rings is 1. The highest BCUT2D eigenvalue weighted by atomic mass is 16.3. The van der Waals surface area contributed by atoms with Crippen molar-refractivity contribution >= 4 is 5.91 Å². The number of hydrogen-bond acceptors (Lipinski definition) is 5. The Morgan fingerprint density at radius 2 is 2.16 bits per heavy atom. The Labute approximate surface area is 145 Å². The molecule has 3 rings (SSSR count). The summed E-state index contributed by atoms with van der Waals surface area (Å²) in [7, 11) is 0. The van der Waals surface area contributed by atoms with E-state index in [2.05, 4.69) is 20.5 Å². The van der Waals surface area contributed by atoms with Crippen LogP contribution in [0.25, 0.3) is 11.4 Å². The number of aromatic amines is 1. The fourth-order valence-electron chi connectivity index (χ4n) is 2.77. The van der Waals surface area contributed by atoms with E-state index in [1.165, 1.54) is 6.33 Å². The van der Waals surface area contributed by atoms with Crippen LogP contribution in [0.4, 0.5) is 0 Å². The monoisotopic (exact) mass is 340 g/mol. The van der Waals surface area contributed by atoms with Gasteiger partial charge in [-0.3, -0.25) is 9.89 Å². The smallest absolute Gasteiger partial charge is 0.251 e. The number of amides is 1. The van der Waals surface area contributed by atoms with Crippen molar-refractivity contribution in [1.29, 1.82) is 0 Å². The maximum atomic E-state index is 12.4. The molecule has 3 N–H and O–H groups in total. The third-order valence-corrected chi connectivity index (χ3v) is 4.03. The summed E-state index contributed by atoms with van der Waals surface area (Å²) in [5, 5.41) is 20.0. The van der Waals surface area contributed by atoms with Crippen LogP contribution in [0.3, 0.4) is 0 Å². The summed E-state index contributed by atoms with van der Waals surface area (Å²) in [5.41, 5.74) is 0.684. The topological polar surface area (TPSA) is 104 Å². The quantitative estimate of drug-likeness (QED) is 0.661. The summed E-state index contributed by atoms with van der Waals surface area (Å²) in [6.45, 7) is 5.33. The number of nitrogens with one attached hydrogen (secondary N) is 2. The van der Waals surface area contributed by atoms with Crippen molar-refractivity contribution in [3.05, 3.63) is 59.3 Å². The maximum absolute atomic E-state index is 12.4. The molecule has 1 atom stereocenters. The van der Waals surface area contributed by atoms with E-state index in [0.29, 0.717) is 22.7 Å². The molecule has 2 heterocycles. The summed E-state index contributed by atoms with van der Waals surface area (Å²) < 4.78 is 5.46. The molecular weight excluding hydrogens is 320 g/mol. The molecule has 1 unspecified atom stereocenters. The minimum atomic E-state index is -1.22. The number of hydrogen-bond donors (Lipinski definition) is 3. The maximum Gasteiger partial charge on any atom is 0.251 e. The first-order valence-electron chi connectivity index (χ1n) is 7.91. The Balaban J connectivity index is 1.72. The van der Waals surface area contributed by atoms with Gasteiger partial charge >= 0.3 is 0 Å². The molecule has 7 heteroatoms. The van der Waals surface area contributed by atoms with Gasteiger partial charge in [-0.15, -0.1) is 0 Å². The number of carbonyl (C=O) groups excluding carboxylic acids is 1. The second-order valence-corrected chi connectivity index (χ2v) is 6.20. The lowest BCUT2D eigenvalue weighted by Crippen LogP contribution is -2.38. The summed E-state index contributed by atoms with van der Waals surface area (Å²) in [6.07, 6.45) is 1.41. The van der Waals surface area contributed by atoms with Crippen LogP contribution < -0.4 is 5.32 Å². The number of furan rings is 1. The molecule has 7 nitrogen and oxygen atoms in total. The van der Waals surface area contributed by atoms with Crippen molar-refractivity contribution in [2.24, 2.45) is 0 Å². The van der Waals surface area contributed by atoms with Gasteiger partial charge in [-0.2, -0.15) is 5.10 Å². The van der Waals surface area contributed by atoms with Crippen molar-refractivity contribution in [2.75, 3.05) is 6.54 Å². The molecule has 0 aliphatic carbocycles. The number of H-pyrrole nitrogens is 1. The van der Waals surface area contributed by atoms with E-state index in [9.17, 15) is 9.90 Å². The van der Waals surface area contributed by atoms with Gasteiger partial charge in [0.1, 0.15) is 23.4 Å². The van der Waals surface area contributed by atoms with Crippen molar-refractivity contribution in [1.82, 2.24) is 20.5 Å². The van der Waals surface area contributed by atoms with Crippen molar-refractivity contribution in [3.63, 3.8) is 0 Å². The Bertz CT molecular complexity index is 882. The molecule has 2 aromatic heterocycles. The van der Waals surface area contributed by atoms with Gasteiger partial charge in [-0.25, -0.2) is 4.98 Å². The van der Waals surface area contributed by atoms with Gasteiger partial charge in [-0.1, -0.05) is 12.1 Å². The SMILES string of the molecule is Cc1cc(C(C)(O)CNC(=O)c2cccc(-c3ncn[nH]3)c2)c(C)o1. The summed E-state index contributed by atoms with van der Waals surface area (Å²) in [4.78, 5) is 16.5. The van der Waals surface area contributed by atoms with Crippen LogP contribution in [-0.2, 0) is 5.60 Å². The number of aliphatic hydroxyl groups is 1. The molecule has 3 aromatic rings. The average Bonchev–Trinajstić information content (AvgIpc) is 3.22. The van der Waals surface area contributed by atoms with Crippen LogP contribution in [0, 0.1) is 13.8 Å². The predicted octanol–water partition coefficient (Wildman–Crippen LogP) is 2.32. The van der Waals surface area contributed by atoms with Gasteiger partial charge in [0.15, 0.2) is 5.82 Å². The zero-order valence-corrected chi connectivity index (χ0v) is 14.3. The minimum Gasteiger partial charge on any atom is -0.466 e. The lowest BCUT2D eigenvalue weighted by molar-refractivity contribution is 0.0514. The lowest BCUT2D eigenvalue weighted by Gasteiger charge is -2.23. The van der Waals surface area contributed by atoms with Crippen LogP contribution in [0.1, 0.15) is 34.4 Å². The Hall–Kier alpha value is -2.93. The Kier molecular flexibility index (Phi) is 4.41. The van der Waals surface area contributed by atoms with Crippen LogP contribution >= 0.6 is 0 Å². The first kappa shape index (κ1) is 16.9. The summed E-state index contributed by atoms with van der Waals surface area (Å²) in [5.74, 6) is 1.67. The Morgan fingerprint density at radius 1 is 1.36 bits per heavy atom. The molecule has 0 spiro atoms. The second-order valence-electron chi connectivity index (χ2n) is 6.20. The molecule has 0 fully saturated rings. The van der Waals surface area contributed by atoms with Gasteiger partial charge in [0.05, 0.1) is 6.54 Å². The first-order valence-corrected chi connectivity index (χ1v) is 7.91. The molecule has 130 valence electrons. The van der Waals surface area contributed by atoms with Crippen LogP contribution in [0.5, 0.6) is 0 Å². The molecule has 0 bridgehead atoms. The standard InChI is InChI=1S/C18H20N4O3/c1-11-7-15(12(2)25-11)18(3,24)9-19-17(23)14-6-4-5-13(8-14)16-20-10-21-22-16/h4-8,10,24H,9H2,1-3H3,(H,19,23)(H,20,21,22).